The van der Waals surface area contributed by atoms with Crippen molar-refractivity contribution in [1.29, 1.82) is 0 Å². The summed E-state index contributed by atoms with van der Waals surface area (Å²) in [6.45, 7) is 13.1. The Bertz CT molecular complexity index is 712. The Hall–Kier alpha value is -0.780. The topological polar surface area (TPSA) is 26.3 Å². The summed E-state index contributed by atoms with van der Waals surface area (Å²) in [7, 11) is 0. The quantitative estimate of drug-likeness (QED) is 0.457. The number of halogens is 3. The van der Waals surface area contributed by atoms with E-state index in [-0.39, 0.29) is 10.8 Å². The van der Waals surface area contributed by atoms with Gasteiger partial charge in [0.05, 0.1) is 0 Å². The molecule has 1 radical (unpaired) electrons. The second-order valence-electron chi connectivity index (χ2n) is 8.46. The van der Waals surface area contributed by atoms with Gasteiger partial charge in [-0.1, -0.05) is 89.0 Å². The Morgan fingerprint density at radius 3 is 1.37 bits per heavy atom. The maximum Gasteiger partial charge on any atom is 0.392 e. The van der Waals surface area contributed by atoms with Gasteiger partial charge in [0.2, 0.25) is 4.84 Å². The Kier molecular flexibility index (Phi) is 7.26. The van der Waals surface area contributed by atoms with Crippen molar-refractivity contribution in [3.05, 3.63) is 66.8 Å². The first kappa shape index (κ1) is 22.5. The van der Waals surface area contributed by atoms with Crippen LogP contribution in [0.1, 0.15) is 52.7 Å². The Morgan fingerprint density at radius 2 is 1.11 bits per heavy atom. The zero-order chi connectivity index (χ0) is 20.4. The highest BCUT2D eigenvalue weighted by Crippen LogP contribution is 2.22. The zero-order valence-electron chi connectivity index (χ0n) is 16.6. The van der Waals surface area contributed by atoms with Crippen molar-refractivity contribution in [3.8, 4) is 0 Å². The van der Waals surface area contributed by atoms with E-state index < -0.39 is 31.0 Å². The molecule has 0 amide bonds. The van der Waals surface area contributed by atoms with Crippen LogP contribution in [-0.4, -0.2) is 10.8 Å². The molecule has 0 aliphatic carbocycles. The molecule has 0 bridgehead atoms. The van der Waals surface area contributed by atoms with E-state index in [4.69, 9.17) is 26.3 Å². The molecule has 0 aliphatic heterocycles. The first-order valence-electron chi connectivity index (χ1n) is 8.81. The molecule has 0 aromatic heterocycles. The molecule has 2 aromatic carbocycles. The second-order valence-corrected chi connectivity index (χ2v) is 13.9. The van der Waals surface area contributed by atoms with Gasteiger partial charge >= 0.3 is 26.2 Å². The lowest BCUT2D eigenvalue weighted by molar-refractivity contribution is -1.04. The van der Waals surface area contributed by atoms with Crippen molar-refractivity contribution in [2.24, 2.45) is 0 Å². The van der Waals surface area contributed by atoms with Crippen LogP contribution in [0.4, 0.5) is 0 Å². The smallest absolute Gasteiger partial charge is 0.244 e. The molecule has 0 aliphatic rings. The average Bonchev–Trinajstić information content (AvgIpc) is 2.58. The minimum Gasteiger partial charge on any atom is -0.244 e. The number of carbonyl (C=O) groups excluding carboxylic acids is 1. The average molecular weight is 521 g/mol. The van der Waals surface area contributed by atoms with Gasteiger partial charge in [0.1, 0.15) is 0 Å². The van der Waals surface area contributed by atoms with E-state index in [1.165, 1.54) is 11.1 Å². The van der Waals surface area contributed by atoms with Gasteiger partial charge < -0.3 is 0 Å². The van der Waals surface area contributed by atoms with Crippen LogP contribution in [0, 0.1) is 7.14 Å². The molecule has 147 valence electrons. The molecule has 0 spiro atoms. The van der Waals surface area contributed by atoms with Crippen LogP contribution in [0.15, 0.2) is 48.5 Å². The van der Waals surface area contributed by atoms with Crippen molar-refractivity contribution < 1.29 is 28.1 Å². The van der Waals surface area contributed by atoms with E-state index in [9.17, 15) is 4.79 Å². The first-order valence-corrected chi connectivity index (χ1v) is 12.7. The third-order valence-electron chi connectivity index (χ3n) is 4.15. The highest BCUT2D eigenvalue weighted by atomic mass is 127. The summed E-state index contributed by atoms with van der Waals surface area (Å²) in [5, 5.41) is 0. The standard InChI is InChI=1S/C22H27Cl2IO2/c1-21(2,3)15-7-11-17(12-8-15)25(27-20(26)19(23)24)18-13-9-16(10-14-18)22(4,5)6/h7-14,19H,1-6H3/q+1. The number of carbonyl (C=O) groups is 1. The molecule has 27 heavy (non-hydrogen) atoms. The van der Waals surface area contributed by atoms with Gasteiger partial charge in [-0.2, -0.15) is 0 Å². The summed E-state index contributed by atoms with van der Waals surface area (Å²) in [6.07, 6.45) is 0. The van der Waals surface area contributed by atoms with E-state index in [0.29, 0.717) is 0 Å². The normalized spacial score (nSPS) is 12.5. The molecule has 2 rings (SSSR count). The minimum atomic E-state index is -2.45. The molecule has 0 atom stereocenters. The third kappa shape index (κ3) is 6.10. The SMILES string of the molecule is CC(C)(C)c1ccc([I+](OC(=O)C(Cl)Cl)c2ccc(C(C)(C)C)cc2)cc1. The van der Waals surface area contributed by atoms with Crippen LogP contribution < -0.4 is 20.2 Å². The summed E-state index contributed by atoms with van der Waals surface area (Å²) in [6, 6.07) is 16.7. The molecule has 5 heteroatoms. The summed E-state index contributed by atoms with van der Waals surface area (Å²) < 4.78 is 7.87. The van der Waals surface area contributed by atoms with Crippen LogP contribution in [-0.2, 0) is 18.7 Å². The lowest BCUT2D eigenvalue weighted by Crippen LogP contribution is -3.85. The van der Waals surface area contributed by atoms with E-state index in [1.807, 2.05) is 0 Å². The van der Waals surface area contributed by atoms with Crippen molar-refractivity contribution in [2.45, 2.75) is 57.2 Å². The fourth-order valence-electron chi connectivity index (χ4n) is 2.45. The monoisotopic (exact) mass is 520 g/mol. The Balaban J connectivity index is 2.41. The highest BCUT2D eigenvalue weighted by molar-refractivity contribution is 6.52. The summed E-state index contributed by atoms with van der Waals surface area (Å²) in [4.78, 5) is 10.9. The molecule has 2 nitrogen and oxygen atoms in total. The Labute approximate surface area is 180 Å². The van der Waals surface area contributed by atoms with Crippen LogP contribution in [0.5, 0.6) is 0 Å². The van der Waals surface area contributed by atoms with E-state index in [0.717, 1.165) is 7.14 Å². The molecule has 0 fully saturated rings. The predicted molar refractivity (Wildman–Crippen MR) is 109 cm³/mol. The molecule has 2 aromatic rings. The van der Waals surface area contributed by atoms with Crippen molar-refractivity contribution in [1.82, 2.24) is 0 Å². The maximum absolute atomic E-state index is 12.1. The van der Waals surface area contributed by atoms with Gasteiger partial charge in [-0.3, -0.25) is 0 Å². The minimum absolute atomic E-state index is 0.0694. The maximum atomic E-state index is 12.1. The number of hydrogen-bond acceptors (Lipinski definition) is 2. The van der Waals surface area contributed by atoms with Crippen LogP contribution >= 0.6 is 23.2 Å². The number of rotatable bonds is 4. The van der Waals surface area contributed by atoms with Crippen LogP contribution in [0.25, 0.3) is 0 Å². The number of alkyl halides is 2. The van der Waals surface area contributed by atoms with Gasteiger partial charge in [0.25, 0.3) is 0 Å². The van der Waals surface area contributed by atoms with Crippen LogP contribution in [0.3, 0.4) is 0 Å². The second kappa shape index (κ2) is 8.71. The fraction of sp³-hybridized carbons (Fsp3) is 0.409. The lowest BCUT2D eigenvalue weighted by Gasteiger charge is -2.19. The molecule has 0 saturated carbocycles. The largest absolute Gasteiger partial charge is 0.392 e. The highest BCUT2D eigenvalue weighted by Gasteiger charge is 2.36. The van der Waals surface area contributed by atoms with Crippen molar-refractivity contribution in [2.75, 3.05) is 0 Å². The molecular formula is C22H27Cl2IO2+. The van der Waals surface area contributed by atoms with E-state index in [2.05, 4.69) is 90.1 Å². The van der Waals surface area contributed by atoms with E-state index >= 15 is 0 Å². The van der Waals surface area contributed by atoms with Gasteiger partial charge in [0.15, 0.2) is 7.14 Å². The lowest BCUT2D eigenvalue weighted by atomic mass is 9.87. The summed E-state index contributed by atoms with van der Waals surface area (Å²) in [5.41, 5.74) is 2.62. The first-order chi connectivity index (χ1) is 12.4. The Morgan fingerprint density at radius 1 is 0.778 bits per heavy atom. The molecular weight excluding hydrogens is 494 g/mol. The summed E-state index contributed by atoms with van der Waals surface area (Å²) in [5.74, 6) is -0.580. The molecule has 0 heterocycles. The van der Waals surface area contributed by atoms with Gasteiger partial charge in [-0.25, -0.2) is 7.86 Å². The van der Waals surface area contributed by atoms with Crippen LogP contribution in [0.2, 0.25) is 0 Å². The van der Waals surface area contributed by atoms with Gasteiger partial charge in [-0.05, 0) is 46.2 Å². The molecule has 0 N–H and O–H groups in total. The number of benzene rings is 2. The number of hydrogen-bond donors (Lipinski definition) is 0. The molecule has 0 unspecified atom stereocenters. The fourth-order valence-corrected chi connectivity index (χ4v) is 6.78. The van der Waals surface area contributed by atoms with Crippen molar-refractivity contribution >= 4 is 29.2 Å². The summed E-state index contributed by atoms with van der Waals surface area (Å²) >= 11 is 9.02. The predicted octanol–water partition coefficient (Wildman–Crippen LogP) is 3.21. The van der Waals surface area contributed by atoms with Gasteiger partial charge in [0, 0.05) is 0 Å². The zero-order valence-corrected chi connectivity index (χ0v) is 20.3. The third-order valence-corrected chi connectivity index (χ3v) is 9.08. The van der Waals surface area contributed by atoms with E-state index in [1.54, 1.807) is 0 Å². The van der Waals surface area contributed by atoms with Gasteiger partial charge in [-0.15, -0.1) is 0 Å². The van der Waals surface area contributed by atoms with Crippen molar-refractivity contribution in [3.63, 3.8) is 0 Å². The molecule has 0 saturated heterocycles.